The second-order valence-corrected chi connectivity index (χ2v) is 10.8. The van der Waals surface area contributed by atoms with E-state index in [0.717, 1.165) is 19.3 Å². The van der Waals surface area contributed by atoms with Crippen molar-refractivity contribution in [3.05, 3.63) is 0 Å². The second kappa shape index (κ2) is 8.72. The third-order valence-corrected chi connectivity index (χ3v) is 8.75. The Balaban J connectivity index is 1.25. The van der Waals surface area contributed by atoms with Crippen LogP contribution in [0, 0.1) is 23.7 Å². The summed E-state index contributed by atoms with van der Waals surface area (Å²) in [6.07, 6.45) is 2.89. The molecule has 2 bridgehead atoms. The third-order valence-electron chi connectivity index (χ3n) is 8.75. The number of carboxylic acid groups (broad SMARTS) is 1. The summed E-state index contributed by atoms with van der Waals surface area (Å²) in [6.45, 7) is 6.47. The van der Waals surface area contributed by atoms with Crippen LogP contribution in [0.25, 0.3) is 0 Å². The highest BCUT2D eigenvalue weighted by Crippen LogP contribution is 2.60. The second-order valence-electron chi connectivity index (χ2n) is 10.8. The number of hydrogen-bond acceptors (Lipinski definition) is 8. The summed E-state index contributed by atoms with van der Waals surface area (Å²) in [6, 6.07) is -0.811. The van der Waals surface area contributed by atoms with Crippen LogP contribution in [0.15, 0.2) is 0 Å². The van der Waals surface area contributed by atoms with Gasteiger partial charge < -0.3 is 24.2 Å². The van der Waals surface area contributed by atoms with E-state index in [0.29, 0.717) is 31.7 Å². The molecule has 6 fully saturated rings. The molecule has 0 aromatic rings. The Bertz CT molecular complexity index is 850. The number of carbonyl (C=O) groups excluding carboxylic acids is 2. The van der Waals surface area contributed by atoms with Gasteiger partial charge in [0.15, 0.2) is 11.9 Å². The minimum absolute atomic E-state index is 0.0375. The van der Waals surface area contributed by atoms with E-state index < -0.39 is 41.9 Å². The molecule has 0 unspecified atom stereocenters. The summed E-state index contributed by atoms with van der Waals surface area (Å²) in [4.78, 5) is 49.8. The monoisotopic (exact) mass is 481 g/mol. The van der Waals surface area contributed by atoms with Crippen molar-refractivity contribution in [2.75, 3.05) is 6.54 Å². The predicted molar refractivity (Wildman–Crippen MR) is 115 cm³/mol. The van der Waals surface area contributed by atoms with Crippen LogP contribution in [0.3, 0.4) is 0 Å². The number of esters is 1. The highest BCUT2D eigenvalue weighted by atomic mass is 17.3. The number of nitrogens with zero attached hydrogens (tertiary/aromatic N) is 1. The lowest BCUT2D eigenvalue weighted by Crippen LogP contribution is -2.70. The van der Waals surface area contributed by atoms with E-state index in [4.69, 9.17) is 24.0 Å². The molecular formula is C24H35NO9. The molecule has 34 heavy (non-hydrogen) atoms. The highest BCUT2D eigenvalue weighted by Gasteiger charge is 2.69. The first-order chi connectivity index (χ1) is 16.1. The lowest BCUT2D eigenvalue weighted by molar-refractivity contribution is -0.576. The van der Waals surface area contributed by atoms with Crippen LogP contribution in [0.5, 0.6) is 0 Å². The maximum Gasteiger partial charge on any atom is 0.326 e. The number of carboxylic acids is 1. The molecule has 6 aliphatic rings. The SMILES string of the molecule is C[C@H]1[C@H](OC(=O)CCC(=O)N2CCC[C@@H]2C(=O)O)O[C@@H]2O[C@]3(C)CC[C@H]4[C@H](C)CC[C@@H]1[C@@]24OO3. The van der Waals surface area contributed by atoms with Gasteiger partial charge in [0.2, 0.25) is 18.0 Å². The van der Waals surface area contributed by atoms with Gasteiger partial charge in [0, 0.05) is 31.2 Å². The minimum atomic E-state index is -1.01. The van der Waals surface area contributed by atoms with E-state index in [1.54, 1.807) is 0 Å². The lowest BCUT2D eigenvalue weighted by atomic mass is 9.58. The van der Waals surface area contributed by atoms with Crippen molar-refractivity contribution in [2.45, 2.75) is 102 Å². The molecular weight excluding hydrogens is 446 g/mol. The number of hydrogen-bond donors (Lipinski definition) is 1. The molecule has 1 spiro atoms. The zero-order valence-corrected chi connectivity index (χ0v) is 20.1. The molecule has 6 rings (SSSR count). The standard InChI is InChI=1S/C24H35NO9/c1-13-6-7-16-14(2)21(31-22-24(16)15(13)10-11-23(3,32-22)33-34-24)30-19(27)9-8-18(26)25-12-4-5-17(25)20(28)29/h13-17,21-22H,4-12H2,1-3H3,(H,28,29)/t13-,14-,15+,16+,17-,21-,22-,23+,24-/m1/s1. The van der Waals surface area contributed by atoms with Gasteiger partial charge >= 0.3 is 11.9 Å². The average molecular weight is 482 g/mol. The van der Waals surface area contributed by atoms with Gasteiger partial charge in [-0.05, 0) is 50.9 Å². The van der Waals surface area contributed by atoms with Crippen molar-refractivity contribution in [1.29, 1.82) is 0 Å². The highest BCUT2D eigenvalue weighted by molar-refractivity contribution is 5.86. The molecule has 190 valence electrons. The van der Waals surface area contributed by atoms with Crippen LogP contribution in [-0.4, -0.2) is 64.4 Å². The number of amides is 1. The number of carbonyl (C=O) groups is 3. The van der Waals surface area contributed by atoms with Gasteiger partial charge in [-0.1, -0.05) is 13.8 Å². The van der Waals surface area contributed by atoms with Crippen LogP contribution >= 0.6 is 0 Å². The van der Waals surface area contributed by atoms with Gasteiger partial charge in [-0.2, -0.15) is 0 Å². The zero-order chi connectivity index (χ0) is 24.3. The van der Waals surface area contributed by atoms with E-state index >= 15 is 0 Å². The Kier molecular flexibility index (Phi) is 6.15. The number of aliphatic carboxylic acids is 1. The first kappa shape index (κ1) is 24.0. The average Bonchev–Trinajstić information content (AvgIpc) is 3.18. The number of fused-ring (bicyclic) bond motifs is 2. The summed E-state index contributed by atoms with van der Waals surface area (Å²) >= 11 is 0. The van der Waals surface area contributed by atoms with Crippen molar-refractivity contribution < 1.29 is 43.5 Å². The van der Waals surface area contributed by atoms with Crippen LogP contribution < -0.4 is 0 Å². The fraction of sp³-hybridized carbons (Fsp3) is 0.875. The van der Waals surface area contributed by atoms with Gasteiger partial charge in [-0.3, -0.25) is 9.59 Å². The smallest absolute Gasteiger partial charge is 0.326 e. The van der Waals surface area contributed by atoms with Crippen molar-refractivity contribution >= 4 is 17.8 Å². The summed E-state index contributed by atoms with van der Waals surface area (Å²) in [5.74, 6) is -2.25. The molecule has 0 radical (unpaired) electrons. The molecule has 1 saturated carbocycles. The maximum absolute atomic E-state index is 12.7. The van der Waals surface area contributed by atoms with Gasteiger partial charge in [-0.15, -0.1) is 0 Å². The predicted octanol–water partition coefficient (Wildman–Crippen LogP) is 2.59. The molecule has 0 aromatic heterocycles. The van der Waals surface area contributed by atoms with Crippen LogP contribution in [0.2, 0.25) is 0 Å². The molecule has 10 nitrogen and oxygen atoms in total. The van der Waals surface area contributed by atoms with Gasteiger partial charge in [0.05, 0.1) is 6.42 Å². The zero-order valence-electron chi connectivity index (χ0n) is 20.1. The summed E-state index contributed by atoms with van der Waals surface area (Å²) in [5.41, 5.74) is -0.729. The molecule has 9 atom stereocenters. The molecule has 10 heteroatoms. The minimum Gasteiger partial charge on any atom is -0.480 e. The molecule has 5 heterocycles. The van der Waals surface area contributed by atoms with E-state index in [9.17, 15) is 19.5 Å². The first-order valence-corrected chi connectivity index (χ1v) is 12.6. The summed E-state index contributed by atoms with van der Waals surface area (Å²) in [5, 5.41) is 9.29. The molecule has 1 amide bonds. The molecule has 5 saturated heterocycles. The van der Waals surface area contributed by atoms with Crippen molar-refractivity contribution in [3.63, 3.8) is 0 Å². The third kappa shape index (κ3) is 3.83. The quantitative estimate of drug-likeness (QED) is 0.466. The van der Waals surface area contributed by atoms with Gasteiger partial charge in [0.25, 0.3) is 0 Å². The van der Waals surface area contributed by atoms with Crippen LogP contribution in [-0.2, 0) is 38.4 Å². The molecule has 0 aromatic carbocycles. The van der Waals surface area contributed by atoms with E-state index in [-0.39, 0.29) is 36.5 Å². The van der Waals surface area contributed by atoms with Crippen molar-refractivity contribution in [1.82, 2.24) is 4.90 Å². The fourth-order valence-electron chi connectivity index (χ4n) is 6.87. The Morgan fingerprint density at radius 2 is 1.85 bits per heavy atom. The van der Waals surface area contributed by atoms with Crippen LogP contribution in [0.1, 0.15) is 72.1 Å². The van der Waals surface area contributed by atoms with Gasteiger partial charge in [0.1, 0.15) is 6.04 Å². The van der Waals surface area contributed by atoms with Crippen molar-refractivity contribution in [3.8, 4) is 0 Å². The number of likely N-dealkylation sites (tertiary alicyclic amines) is 1. The van der Waals surface area contributed by atoms with E-state index in [1.165, 1.54) is 4.90 Å². The lowest BCUT2D eigenvalue weighted by Gasteiger charge is -2.59. The normalized spacial score (nSPS) is 45.4. The summed E-state index contributed by atoms with van der Waals surface area (Å²) in [7, 11) is 0. The first-order valence-electron chi connectivity index (χ1n) is 12.6. The van der Waals surface area contributed by atoms with E-state index in [2.05, 4.69) is 6.92 Å². The van der Waals surface area contributed by atoms with Crippen molar-refractivity contribution in [2.24, 2.45) is 23.7 Å². The Morgan fingerprint density at radius 1 is 1.06 bits per heavy atom. The Hall–Kier alpha value is -1.75. The Labute approximate surface area is 199 Å². The van der Waals surface area contributed by atoms with Gasteiger partial charge in [-0.25, -0.2) is 14.6 Å². The molecule has 1 N–H and O–H groups in total. The summed E-state index contributed by atoms with van der Waals surface area (Å²) < 4.78 is 18.2. The largest absolute Gasteiger partial charge is 0.480 e. The fourth-order valence-corrected chi connectivity index (χ4v) is 6.87. The molecule has 1 aliphatic carbocycles. The van der Waals surface area contributed by atoms with E-state index in [1.807, 2.05) is 13.8 Å². The number of ether oxygens (including phenoxy) is 3. The molecule has 5 aliphatic heterocycles. The maximum atomic E-state index is 12.7. The number of rotatable bonds is 5. The topological polar surface area (TPSA) is 121 Å². The Morgan fingerprint density at radius 3 is 2.62 bits per heavy atom. The van der Waals surface area contributed by atoms with Crippen LogP contribution in [0.4, 0.5) is 0 Å².